The molecule has 3 aromatic rings. The molecule has 4 rings (SSSR count). The van der Waals surface area contributed by atoms with Crippen LogP contribution >= 0.6 is 0 Å². The van der Waals surface area contributed by atoms with E-state index in [2.05, 4.69) is 71.0 Å². The number of anilines is 2. The molecule has 1 fully saturated rings. The van der Waals surface area contributed by atoms with Gasteiger partial charge in [0.2, 0.25) is 0 Å². The molecule has 0 saturated heterocycles. The van der Waals surface area contributed by atoms with Gasteiger partial charge in [-0.25, -0.2) is 5.84 Å². The predicted molar refractivity (Wildman–Crippen MR) is 195 cm³/mol. The molecule has 1 aliphatic carbocycles. The number of hydrogen-bond acceptors (Lipinski definition) is 6. The van der Waals surface area contributed by atoms with Crippen molar-refractivity contribution in [3.63, 3.8) is 0 Å². The molecule has 2 amide bonds. The molecule has 1 saturated carbocycles. The Kier molecular flexibility index (Phi) is 12.4. The molecule has 0 atom stereocenters. The summed E-state index contributed by atoms with van der Waals surface area (Å²) in [6, 6.07) is 13.1. The Morgan fingerprint density at radius 2 is 1.66 bits per heavy atom. The lowest BCUT2D eigenvalue weighted by Crippen LogP contribution is -2.32. The molecular formula is C39H55N5O3. The molecule has 0 bridgehead atoms. The highest BCUT2D eigenvalue weighted by Crippen LogP contribution is 2.38. The summed E-state index contributed by atoms with van der Waals surface area (Å²) in [5, 5.41) is 7.50. The first-order chi connectivity index (χ1) is 21.9. The van der Waals surface area contributed by atoms with E-state index in [0.29, 0.717) is 34.8 Å². The zero-order chi connectivity index (χ0) is 35.1. The third kappa shape index (κ3) is 11.0. The van der Waals surface area contributed by atoms with Crippen LogP contribution in [0.1, 0.15) is 114 Å². The van der Waals surface area contributed by atoms with Gasteiger partial charge in [0.1, 0.15) is 0 Å². The number of rotatable bonds is 9. The van der Waals surface area contributed by atoms with Crippen molar-refractivity contribution >= 4 is 23.2 Å². The summed E-state index contributed by atoms with van der Waals surface area (Å²) >= 11 is 0. The Labute approximate surface area is 282 Å². The number of benzene rings is 2. The maximum atomic E-state index is 13.8. The van der Waals surface area contributed by atoms with Crippen molar-refractivity contribution in [2.24, 2.45) is 17.2 Å². The Hall–Kier alpha value is -4.17. The van der Waals surface area contributed by atoms with Crippen molar-refractivity contribution in [1.82, 2.24) is 10.3 Å². The minimum absolute atomic E-state index is 0.00224. The van der Waals surface area contributed by atoms with E-state index in [9.17, 15) is 9.59 Å². The number of allylic oxidation sites excluding steroid dienone is 1. The molecule has 0 unspecified atom stereocenters. The lowest BCUT2D eigenvalue weighted by molar-refractivity contribution is 0.0938. The normalized spacial score (nSPS) is 13.3. The van der Waals surface area contributed by atoms with Crippen molar-refractivity contribution in [1.29, 1.82) is 0 Å². The van der Waals surface area contributed by atoms with Crippen LogP contribution in [0.2, 0.25) is 0 Å². The van der Waals surface area contributed by atoms with Gasteiger partial charge in [0, 0.05) is 29.6 Å². The minimum atomic E-state index is -0.337. The Morgan fingerprint density at radius 1 is 1.04 bits per heavy atom. The minimum Gasteiger partial charge on any atom is -0.494 e. The maximum absolute atomic E-state index is 13.8. The largest absolute Gasteiger partial charge is 0.494 e. The van der Waals surface area contributed by atoms with Crippen molar-refractivity contribution in [3.05, 3.63) is 82.8 Å². The predicted octanol–water partition coefficient (Wildman–Crippen LogP) is 8.80. The molecule has 4 N–H and O–H groups in total. The summed E-state index contributed by atoms with van der Waals surface area (Å²) in [5.41, 5.74) is 6.42. The first kappa shape index (κ1) is 37.3. The summed E-state index contributed by atoms with van der Waals surface area (Å²) in [6.07, 6.45) is 7.30. The molecule has 1 heterocycles. The Balaban J connectivity index is 0.00000139. The number of methoxy groups -OCH3 is 1. The van der Waals surface area contributed by atoms with E-state index < -0.39 is 0 Å². The molecule has 0 radical (unpaired) electrons. The first-order valence-electron chi connectivity index (χ1n) is 16.5. The van der Waals surface area contributed by atoms with Crippen molar-refractivity contribution < 1.29 is 14.3 Å². The van der Waals surface area contributed by atoms with Gasteiger partial charge >= 0.3 is 0 Å². The number of aromatic nitrogens is 1. The quantitative estimate of drug-likeness (QED) is 0.159. The van der Waals surface area contributed by atoms with E-state index >= 15 is 0 Å². The van der Waals surface area contributed by atoms with Gasteiger partial charge in [-0.05, 0) is 78.5 Å². The van der Waals surface area contributed by atoms with Crippen LogP contribution in [0.4, 0.5) is 11.4 Å². The maximum Gasteiger partial charge on any atom is 0.259 e. The van der Waals surface area contributed by atoms with Gasteiger partial charge < -0.3 is 15.4 Å². The van der Waals surface area contributed by atoms with Crippen molar-refractivity contribution in [3.8, 4) is 16.9 Å². The number of pyridine rings is 1. The van der Waals surface area contributed by atoms with Gasteiger partial charge in [-0.1, -0.05) is 85.9 Å². The van der Waals surface area contributed by atoms with Crippen LogP contribution in [0.15, 0.2) is 60.4 Å². The number of carbonyl (C=O) groups excluding carboxylic acids is 2. The number of nitrogens with two attached hydrogens (primary N) is 1. The summed E-state index contributed by atoms with van der Waals surface area (Å²) in [6.45, 7) is 21.3. The standard InChI is InChI=1S/C35H47N5O3.C4H8/c1-11-22(2)20-40(36)30-17-26(35(7,8)9)16-29(31(30)43-10)33(42)39-27-18-28(23(3)37-19-27)24-12-14-25(15-13-24)32(41)38-21-34(4,5)6;1-4-2-3-4/h12-20H,11,21,36H2,1-10H3,(H,38,41)(H,39,42);4H,2-3H2,1H3/b22-20+;. The fourth-order valence-electron chi connectivity index (χ4n) is 4.53. The number of carbonyl (C=O) groups is 2. The third-order valence-electron chi connectivity index (χ3n) is 8.03. The van der Waals surface area contributed by atoms with Gasteiger partial charge in [-0.15, -0.1) is 0 Å². The van der Waals surface area contributed by atoms with Gasteiger partial charge in [0.05, 0.1) is 30.2 Å². The highest BCUT2D eigenvalue weighted by molar-refractivity contribution is 6.08. The zero-order valence-corrected chi connectivity index (χ0v) is 30.3. The van der Waals surface area contributed by atoms with Gasteiger partial charge in [-0.2, -0.15) is 0 Å². The van der Waals surface area contributed by atoms with Crippen LogP contribution in [-0.4, -0.2) is 30.5 Å². The van der Waals surface area contributed by atoms with Crippen LogP contribution in [0, 0.1) is 18.3 Å². The molecular weight excluding hydrogens is 586 g/mol. The molecule has 2 aromatic carbocycles. The molecule has 0 aliphatic heterocycles. The number of hydrazine groups is 1. The van der Waals surface area contributed by atoms with Gasteiger partial charge in [0.25, 0.3) is 11.8 Å². The SMILES string of the molecule is CC/C(C)=C/N(N)c1cc(C(C)(C)C)cc(C(=O)Nc2cnc(C)c(-c3ccc(C(=O)NCC(C)(C)C)cc3)c2)c1OC.CC1CC1. The first-order valence-corrected chi connectivity index (χ1v) is 16.5. The fourth-order valence-corrected chi connectivity index (χ4v) is 4.53. The second-order valence-electron chi connectivity index (χ2n) is 14.9. The number of ether oxygens (including phenoxy) is 1. The lowest BCUT2D eigenvalue weighted by atomic mass is 9.85. The van der Waals surface area contributed by atoms with Crippen LogP contribution in [0.5, 0.6) is 5.75 Å². The number of aryl methyl sites for hydroxylation is 1. The van der Waals surface area contributed by atoms with Gasteiger partial charge in [0.15, 0.2) is 5.75 Å². The highest BCUT2D eigenvalue weighted by atomic mass is 16.5. The highest BCUT2D eigenvalue weighted by Gasteiger charge is 2.25. The smallest absolute Gasteiger partial charge is 0.259 e. The Morgan fingerprint density at radius 3 is 2.17 bits per heavy atom. The van der Waals surface area contributed by atoms with Crippen LogP contribution in [0.25, 0.3) is 11.1 Å². The van der Waals surface area contributed by atoms with Crippen molar-refractivity contribution in [2.75, 3.05) is 24.0 Å². The lowest BCUT2D eigenvalue weighted by Gasteiger charge is -2.26. The topological polar surface area (TPSA) is 110 Å². The monoisotopic (exact) mass is 641 g/mol. The van der Waals surface area contributed by atoms with Crippen molar-refractivity contribution in [2.45, 2.75) is 93.9 Å². The summed E-state index contributed by atoms with van der Waals surface area (Å²) < 4.78 is 5.76. The van der Waals surface area contributed by atoms with Crippen LogP contribution in [0.3, 0.4) is 0 Å². The van der Waals surface area contributed by atoms with Crippen LogP contribution in [-0.2, 0) is 5.41 Å². The zero-order valence-electron chi connectivity index (χ0n) is 30.3. The molecule has 8 nitrogen and oxygen atoms in total. The molecule has 1 aliphatic rings. The molecule has 47 heavy (non-hydrogen) atoms. The van der Waals surface area contributed by atoms with E-state index in [1.165, 1.54) is 25.0 Å². The average molecular weight is 642 g/mol. The second-order valence-corrected chi connectivity index (χ2v) is 14.9. The number of hydrogen-bond donors (Lipinski definition) is 3. The summed E-state index contributed by atoms with van der Waals surface area (Å²) in [4.78, 5) is 30.9. The molecule has 0 spiro atoms. The third-order valence-corrected chi connectivity index (χ3v) is 8.03. The fraction of sp³-hybridized carbons (Fsp3) is 0.462. The molecule has 254 valence electrons. The molecule has 1 aromatic heterocycles. The van der Waals surface area contributed by atoms with Crippen LogP contribution < -0.4 is 26.2 Å². The van der Waals surface area contributed by atoms with E-state index in [0.717, 1.165) is 40.3 Å². The molecule has 8 heteroatoms. The van der Waals surface area contributed by atoms with E-state index in [4.69, 9.17) is 10.6 Å². The van der Waals surface area contributed by atoms with E-state index in [1.807, 2.05) is 50.4 Å². The summed E-state index contributed by atoms with van der Waals surface area (Å²) in [7, 11) is 1.54. The number of amides is 2. The summed E-state index contributed by atoms with van der Waals surface area (Å²) in [5.74, 6) is 7.48. The van der Waals surface area contributed by atoms with E-state index in [-0.39, 0.29) is 22.6 Å². The number of nitrogens with zero attached hydrogens (tertiary/aromatic N) is 2. The average Bonchev–Trinajstić information content (AvgIpc) is 3.81. The Bertz CT molecular complexity index is 1580. The van der Waals surface area contributed by atoms with Gasteiger partial charge in [-0.3, -0.25) is 19.6 Å². The number of nitrogens with one attached hydrogen (secondary N) is 2. The van der Waals surface area contributed by atoms with E-state index in [1.54, 1.807) is 18.3 Å². The second kappa shape index (κ2) is 15.6.